The monoisotopic (exact) mass is 311 g/mol. The average molecular weight is 312 g/mol. The van der Waals surface area contributed by atoms with E-state index in [1.165, 1.54) is 4.88 Å². The largest absolute Gasteiger partial charge is 0.481 e. The molecule has 0 unspecified atom stereocenters. The minimum atomic E-state index is -0.738. The lowest BCUT2D eigenvalue weighted by Gasteiger charge is -2.67. The minimum absolute atomic E-state index is 0.147. The first-order chi connectivity index (χ1) is 9.44. The number of nitrogens with zero attached hydrogens (tertiary/aromatic N) is 1. The summed E-state index contributed by atoms with van der Waals surface area (Å²) in [4.78, 5) is 26.9. The van der Waals surface area contributed by atoms with Gasteiger partial charge >= 0.3 is 5.97 Å². The highest BCUT2D eigenvalue weighted by molar-refractivity contribution is 7.16. The lowest BCUT2D eigenvalue weighted by atomic mass is 9.34. The maximum atomic E-state index is 12.6. The Bertz CT molecular complexity index is 619. The van der Waals surface area contributed by atoms with Crippen LogP contribution >= 0.6 is 22.9 Å². The van der Waals surface area contributed by atoms with E-state index in [0.717, 1.165) is 22.9 Å². The summed E-state index contributed by atoms with van der Waals surface area (Å²) in [6.45, 7) is 1.35. The van der Waals surface area contributed by atoms with Gasteiger partial charge in [0, 0.05) is 18.0 Å². The highest BCUT2D eigenvalue weighted by Gasteiger charge is 2.75. The van der Waals surface area contributed by atoms with E-state index < -0.39 is 11.4 Å². The van der Waals surface area contributed by atoms with Crippen molar-refractivity contribution in [3.05, 3.63) is 20.8 Å². The van der Waals surface area contributed by atoms with E-state index in [4.69, 9.17) is 16.7 Å². The first-order valence-corrected chi connectivity index (χ1v) is 7.94. The second-order valence-corrected chi connectivity index (χ2v) is 8.14. The van der Waals surface area contributed by atoms with Crippen molar-refractivity contribution in [1.82, 2.24) is 4.90 Å². The van der Waals surface area contributed by atoms with Crippen LogP contribution in [0, 0.1) is 10.8 Å². The zero-order valence-electron chi connectivity index (χ0n) is 10.8. The summed E-state index contributed by atoms with van der Waals surface area (Å²) in [5.74, 6) is -0.591. The lowest BCUT2D eigenvalue weighted by Crippen LogP contribution is -2.71. The summed E-state index contributed by atoms with van der Waals surface area (Å²) in [5, 5.41) is 9.13. The molecule has 0 atom stereocenters. The van der Waals surface area contributed by atoms with Crippen molar-refractivity contribution in [1.29, 1.82) is 0 Å². The standard InChI is InChI=1S/C14H14ClNO3S/c15-10-3-8-4-16(2-1-9(8)20-10)11(17)13-5-14(6-13,7-13)12(18)19/h3H,1-2,4-7H2,(H,18,19). The van der Waals surface area contributed by atoms with Crippen molar-refractivity contribution in [3.63, 3.8) is 0 Å². The predicted molar refractivity (Wildman–Crippen MR) is 74.8 cm³/mol. The molecule has 4 nitrogen and oxygen atoms in total. The van der Waals surface area contributed by atoms with Crippen LogP contribution in [0.2, 0.25) is 4.34 Å². The minimum Gasteiger partial charge on any atom is -0.481 e. The van der Waals surface area contributed by atoms with Crippen LogP contribution in [-0.2, 0) is 22.6 Å². The van der Waals surface area contributed by atoms with Crippen LogP contribution in [0.15, 0.2) is 6.07 Å². The van der Waals surface area contributed by atoms with Gasteiger partial charge in [-0.1, -0.05) is 11.6 Å². The Kier molecular flexibility index (Phi) is 2.38. The van der Waals surface area contributed by atoms with E-state index in [-0.39, 0.29) is 11.3 Å². The molecule has 1 aromatic rings. The summed E-state index contributed by atoms with van der Waals surface area (Å²) in [7, 11) is 0. The molecule has 2 bridgehead atoms. The zero-order valence-corrected chi connectivity index (χ0v) is 12.4. The molecule has 1 N–H and O–H groups in total. The van der Waals surface area contributed by atoms with E-state index in [2.05, 4.69) is 0 Å². The van der Waals surface area contributed by atoms with Gasteiger partial charge in [-0.2, -0.15) is 0 Å². The molecule has 106 valence electrons. The number of hydrogen-bond acceptors (Lipinski definition) is 3. The number of amides is 1. The number of rotatable bonds is 2. The van der Waals surface area contributed by atoms with E-state index in [9.17, 15) is 9.59 Å². The Morgan fingerprint density at radius 2 is 2.00 bits per heavy atom. The molecular weight excluding hydrogens is 298 g/mol. The number of carbonyl (C=O) groups excluding carboxylic acids is 1. The Hall–Kier alpha value is -1.07. The first-order valence-electron chi connectivity index (χ1n) is 6.74. The number of carbonyl (C=O) groups is 2. The summed E-state index contributed by atoms with van der Waals surface area (Å²) in [6, 6.07) is 1.95. The first kappa shape index (κ1) is 12.7. The molecule has 6 heteroatoms. The number of hydrogen-bond donors (Lipinski definition) is 1. The van der Waals surface area contributed by atoms with Crippen molar-refractivity contribution in [3.8, 4) is 0 Å². The van der Waals surface area contributed by atoms with Crippen molar-refractivity contribution in [2.45, 2.75) is 32.2 Å². The topological polar surface area (TPSA) is 57.6 Å². The van der Waals surface area contributed by atoms with E-state index >= 15 is 0 Å². The van der Waals surface area contributed by atoms with Gasteiger partial charge in [0.25, 0.3) is 0 Å². The van der Waals surface area contributed by atoms with Crippen LogP contribution in [0.25, 0.3) is 0 Å². The van der Waals surface area contributed by atoms with Crippen LogP contribution in [0.4, 0.5) is 0 Å². The van der Waals surface area contributed by atoms with E-state index in [1.54, 1.807) is 11.3 Å². The molecule has 1 aliphatic heterocycles. The number of carboxylic acids is 1. The molecule has 1 amide bonds. The fraction of sp³-hybridized carbons (Fsp3) is 0.571. The SMILES string of the molecule is O=C(O)C12CC(C(=O)N3CCc4sc(Cl)cc4C3)(C1)C2. The lowest BCUT2D eigenvalue weighted by molar-refractivity contribution is -0.226. The highest BCUT2D eigenvalue weighted by atomic mass is 35.5. The van der Waals surface area contributed by atoms with Gasteiger partial charge in [0.2, 0.25) is 5.91 Å². The molecule has 3 aliphatic carbocycles. The highest BCUT2D eigenvalue weighted by Crippen LogP contribution is 2.74. The number of carboxylic acid groups (broad SMARTS) is 1. The molecule has 0 saturated heterocycles. The van der Waals surface area contributed by atoms with Crippen molar-refractivity contribution in [2.75, 3.05) is 6.54 Å². The predicted octanol–water partition coefficient (Wildman–Crippen LogP) is 2.54. The second kappa shape index (κ2) is 3.77. The normalized spacial score (nSPS) is 34.0. The van der Waals surface area contributed by atoms with E-state index in [1.807, 2.05) is 11.0 Å². The summed E-state index contributed by atoms with van der Waals surface area (Å²) in [5.41, 5.74) is 0.206. The molecule has 5 rings (SSSR count). The Labute approximate surface area is 125 Å². The molecule has 1 aromatic heterocycles. The molecule has 0 radical (unpaired) electrons. The smallest absolute Gasteiger partial charge is 0.309 e. The molecular formula is C14H14ClNO3S. The third-order valence-corrected chi connectivity index (χ3v) is 6.43. The third-order valence-electron chi connectivity index (χ3n) is 5.06. The van der Waals surface area contributed by atoms with Crippen molar-refractivity contribution >= 4 is 34.8 Å². The van der Waals surface area contributed by atoms with Gasteiger partial charge in [0.1, 0.15) is 0 Å². The molecule has 0 spiro atoms. The summed E-state index contributed by atoms with van der Waals surface area (Å²) < 4.78 is 0.777. The maximum absolute atomic E-state index is 12.6. The Balaban J connectivity index is 1.48. The molecule has 2 heterocycles. The van der Waals surface area contributed by atoms with Gasteiger partial charge in [-0.05, 0) is 37.3 Å². The second-order valence-electron chi connectivity index (χ2n) is 6.37. The summed E-state index contributed by atoms with van der Waals surface area (Å²) in [6.07, 6.45) is 2.45. The van der Waals surface area contributed by atoms with Crippen LogP contribution in [0.1, 0.15) is 29.7 Å². The van der Waals surface area contributed by atoms with Gasteiger partial charge < -0.3 is 10.0 Å². The molecule has 4 aliphatic rings. The van der Waals surface area contributed by atoms with Crippen LogP contribution in [-0.4, -0.2) is 28.4 Å². The number of aliphatic carboxylic acids is 1. The molecule has 0 aromatic carbocycles. The van der Waals surface area contributed by atoms with Gasteiger partial charge in [0.05, 0.1) is 15.2 Å². The Morgan fingerprint density at radius 3 is 2.65 bits per heavy atom. The van der Waals surface area contributed by atoms with Crippen molar-refractivity contribution in [2.24, 2.45) is 10.8 Å². The molecule has 3 fully saturated rings. The van der Waals surface area contributed by atoms with Gasteiger partial charge in [-0.3, -0.25) is 9.59 Å². The van der Waals surface area contributed by atoms with E-state index in [0.29, 0.717) is 25.8 Å². The quantitative estimate of drug-likeness (QED) is 0.913. The van der Waals surface area contributed by atoms with Crippen LogP contribution in [0.5, 0.6) is 0 Å². The number of halogens is 1. The van der Waals surface area contributed by atoms with Gasteiger partial charge in [-0.15, -0.1) is 11.3 Å². The number of fused-ring (bicyclic) bond motifs is 1. The zero-order chi connectivity index (χ0) is 14.1. The summed E-state index contributed by atoms with van der Waals surface area (Å²) >= 11 is 7.61. The van der Waals surface area contributed by atoms with Gasteiger partial charge in [0.15, 0.2) is 0 Å². The maximum Gasteiger partial charge on any atom is 0.309 e. The van der Waals surface area contributed by atoms with Crippen LogP contribution < -0.4 is 0 Å². The number of thiophene rings is 1. The van der Waals surface area contributed by atoms with Gasteiger partial charge in [-0.25, -0.2) is 0 Å². The van der Waals surface area contributed by atoms with Crippen molar-refractivity contribution < 1.29 is 14.7 Å². The third kappa shape index (κ3) is 1.48. The molecule has 3 saturated carbocycles. The van der Waals surface area contributed by atoms with Crippen LogP contribution in [0.3, 0.4) is 0 Å². The average Bonchev–Trinajstić information content (AvgIpc) is 2.63. The fourth-order valence-corrected chi connectivity index (χ4v) is 5.34. The molecule has 20 heavy (non-hydrogen) atoms. The Morgan fingerprint density at radius 1 is 1.30 bits per heavy atom. The fourth-order valence-electron chi connectivity index (χ4n) is 4.05.